The summed E-state index contributed by atoms with van der Waals surface area (Å²) in [7, 11) is 1.58. The van der Waals surface area contributed by atoms with Crippen molar-refractivity contribution < 1.29 is 19.2 Å². The third kappa shape index (κ3) is 4.83. The number of hydrogen-bond donors (Lipinski definition) is 0. The number of benzene rings is 2. The van der Waals surface area contributed by atoms with E-state index in [9.17, 15) is 14.9 Å². The molecule has 1 aliphatic heterocycles. The van der Waals surface area contributed by atoms with E-state index in [0.29, 0.717) is 42.7 Å². The van der Waals surface area contributed by atoms with Crippen LogP contribution in [0.5, 0.6) is 5.75 Å². The molecule has 0 radical (unpaired) electrons. The molecule has 4 rings (SSSR count). The third-order valence-corrected chi connectivity index (χ3v) is 6.58. The summed E-state index contributed by atoms with van der Waals surface area (Å²) in [6, 6.07) is 9.39. The van der Waals surface area contributed by atoms with E-state index in [1.165, 1.54) is 34.4 Å². The summed E-state index contributed by atoms with van der Waals surface area (Å²) in [5.74, 6) is 0.236. The Balaban J connectivity index is 1.69. The van der Waals surface area contributed by atoms with Crippen molar-refractivity contribution in [2.45, 2.75) is 0 Å². The van der Waals surface area contributed by atoms with Crippen LogP contribution in [-0.2, 0) is 4.74 Å². The van der Waals surface area contributed by atoms with E-state index in [-0.39, 0.29) is 16.3 Å². The maximum absolute atomic E-state index is 13.5. The predicted molar refractivity (Wildman–Crippen MR) is 123 cm³/mol. The number of amides is 1. The Morgan fingerprint density at radius 3 is 2.81 bits per heavy atom. The number of halogens is 1. The molecule has 1 saturated heterocycles. The van der Waals surface area contributed by atoms with Crippen LogP contribution in [0.15, 0.2) is 36.4 Å². The molecule has 0 bridgehead atoms. The number of methoxy groups -OCH3 is 1. The van der Waals surface area contributed by atoms with Crippen LogP contribution < -0.4 is 9.64 Å². The first-order valence-electron chi connectivity index (χ1n) is 9.97. The first kappa shape index (κ1) is 22.4. The second-order valence-corrected chi connectivity index (χ2v) is 8.58. The van der Waals surface area contributed by atoms with Gasteiger partial charge in [-0.1, -0.05) is 22.9 Å². The summed E-state index contributed by atoms with van der Waals surface area (Å²) in [6.07, 6.45) is 0. The highest BCUT2D eigenvalue weighted by atomic mass is 35.5. The molecule has 3 aromatic rings. The van der Waals surface area contributed by atoms with Gasteiger partial charge in [-0.15, -0.1) is 0 Å². The van der Waals surface area contributed by atoms with Crippen LogP contribution in [0.1, 0.15) is 10.4 Å². The SMILES string of the molecule is COc1ccc2sc(N(CCN3CCOCC3)C(=O)c3cc([N+](=O)[O-])ccc3Cl)nc2c1. The molecular formula is C21H21ClN4O5S. The number of fused-ring (bicyclic) bond motifs is 1. The zero-order valence-electron chi connectivity index (χ0n) is 17.3. The molecule has 0 N–H and O–H groups in total. The van der Waals surface area contributed by atoms with Gasteiger partial charge in [-0.05, 0) is 18.2 Å². The van der Waals surface area contributed by atoms with Gasteiger partial charge in [-0.25, -0.2) is 4.98 Å². The Labute approximate surface area is 193 Å². The van der Waals surface area contributed by atoms with Crippen molar-refractivity contribution in [3.8, 4) is 5.75 Å². The smallest absolute Gasteiger partial charge is 0.270 e. The molecule has 0 aliphatic carbocycles. The van der Waals surface area contributed by atoms with Crippen molar-refractivity contribution in [2.75, 3.05) is 51.4 Å². The highest BCUT2D eigenvalue weighted by Crippen LogP contribution is 2.33. The number of aromatic nitrogens is 1. The van der Waals surface area contributed by atoms with Crippen LogP contribution in [0, 0.1) is 10.1 Å². The number of thiazole rings is 1. The van der Waals surface area contributed by atoms with E-state index < -0.39 is 10.8 Å². The zero-order valence-corrected chi connectivity index (χ0v) is 18.9. The molecule has 1 fully saturated rings. The summed E-state index contributed by atoms with van der Waals surface area (Å²) in [5.41, 5.74) is 0.582. The number of nitro benzene ring substituents is 1. The minimum Gasteiger partial charge on any atom is -0.497 e. The van der Waals surface area contributed by atoms with Crippen LogP contribution in [0.2, 0.25) is 5.02 Å². The number of morpholine rings is 1. The molecule has 2 heterocycles. The zero-order chi connectivity index (χ0) is 22.7. The molecule has 1 aromatic heterocycles. The number of carbonyl (C=O) groups excluding carboxylic acids is 1. The third-order valence-electron chi connectivity index (χ3n) is 5.19. The molecule has 0 atom stereocenters. The first-order valence-corrected chi connectivity index (χ1v) is 11.2. The molecule has 168 valence electrons. The lowest BCUT2D eigenvalue weighted by Gasteiger charge is -2.29. The number of rotatable bonds is 7. The fraction of sp³-hybridized carbons (Fsp3) is 0.333. The van der Waals surface area contributed by atoms with Gasteiger partial charge in [0.2, 0.25) is 0 Å². The maximum atomic E-state index is 13.5. The quantitative estimate of drug-likeness (QED) is 0.377. The van der Waals surface area contributed by atoms with E-state index in [4.69, 9.17) is 21.1 Å². The van der Waals surface area contributed by atoms with Gasteiger partial charge in [-0.3, -0.25) is 24.7 Å². The number of nitro groups is 1. The highest BCUT2D eigenvalue weighted by Gasteiger charge is 2.26. The van der Waals surface area contributed by atoms with Crippen molar-refractivity contribution in [3.63, 3.8) is 0 Å². The number of hydrogen-bond acceptors (Lipinski definition) is 8. The van der Waals surface area contributed by atoms with E-state index in [1.807, 2.05) is 12.1 Å². The topological polar surface area (TPSA) is 98.0 Å². The largest absolute Gasteiger partial charge is 0.497 e. The standard InChI is InChI=1S/C21H21ClN4O5S/c1-30-15-3-5-19-18(13-15)23-21(32-19)25(7-6-24-8-10-31-11-9-24)20(27)16-12-14(26(28)29)2-4-17(16)22/h2-5,12-13H,6-11H2,1H3. The van der Waals surface area contributed by atoms with Crippen molar-refractivity contribution in [1.29, 1.82) is 0 Å². The van der Waals surface area contributed by atoms with Crippen molar-refractivity contribution in [2.24, 2.45) is 0 Å². The molecule has 9 nitrogen and oxygen atoms in total. The Kier molecular flexibility index (Phi) is 6.85. The van der Waals surface area contributed by atoms with E-state index in [2.05, 4.69) is 9.88 Å². The molecule has 2 aromatic carbocycles. The summed E-state index contributed by atoms with van der Waals surface area (Å²) >= 11 is 7.63. The van der Waals surface area contributed by atoms with Gasteiger partial charge in [0.05, 0.1) is 46.0 Å². The van der Waals surface area contributed by atoms with Crippen LogP contribution in [0.3, 0.4) is 0 Å². The summed E-state index contributed by atoms with van der Waals surface area (Å²) in [4.78, 5) is 32.6. The van der Waals surface area contributed by atoms with Crippen LogP contribution in [0.4, 0.5) is 10.8 Å². The average Bonchev–Trinajstić information content (AvgIpc) is 3.22. The fourth-order valence-electron chi connectivity index (χ4n) is 3.42. The second kappa shape index (κ2) is 9.78. The first-order chi connectivity index (χ1) is 15.5. The van der Waals surface area contributed by atoms with Crippen molar-refractivity contribution >= 4 is 49.9 Å². The molecule has 1 aliphatic rings. The Bertz CT molecular complexity index is 1150. The average molecular weight is 477 g/mol. The van der Waals surface area contributed by atoms with Gasteiger partial charge in [0.15, 0.2) is 5.13 Å². The number of nitrogens with zero attached hydrogens (tertiary/aromatic N) is 4. The Morgan fingerprint density at radius 2 is 2.09 bits per heavy atom. The predicted octanol–water partition coefficient (Wildman–Crippen LogP) is 3.85. The highest BCUT2D eigenvalue weighted by molar-refractivity contribution is 7.22. The second-order valence-electron chi connectivity index (χ2n) is 7.16. The van der Waals surface area contributed by atoms with Crippen LogP contribution >= 0.6 is 22.9 Å². The molecule has 0 saturated carbocycles. The number of carbonyl (C=O) groups is 1. The lowest BCUT2D eigenvalue weighted by molar-refractivity contribution is -0.384. The number of anilines is 1. The van der Waals surface area contributed by atoms with Gasteiger partial charge < -0.3 is 9.47 Å². The maximum Gasteiger partial charge on any atom is 0.270 e. The monoisotopic (exact) mass is 476 g/mol. The van der Waals surface area contributed by atoms with Gasteiger partial charge in [0.1, 0.15) is 5.75 Å². The fourth-order valence-corrected chi connectivity index (χ4v) is 4.59. The Hall–Kier alpha value is -2.79. The molecule has 0 unspecified atom stereocenters. The van der Waals surface area contributed by atoms with E-state index >= 15 is 0 Å². The molecule has 1 amide bonds. The molecular weight excluding hydrogens is 456 g/mol. The van der Waals surface area contributed by atoms with Gasteiger partial charge in [0, 0.05) is 44.4 Å². The summed E-state index contributed by atoms with van der Waals surface area (Å²) in [6.45, 7) is 3.81. The summed E-state index contributed by atoms with van der Waals surface area (Å²) < 4.78 is 11.6. The van der Waals surface area contributed by atoms with E-state index in [0.717, 1.165) is 17.8 Å². The van der Waals surface area contributed by atoms with Crippen molar-refractivity contribution in [1.82, 2.24) is 9.88 Å². The molecule has 11 heteroatoms. The summed E-state index contributed by atoms with van der Waals surface area (Å²) in [5, 5.41) is 11.9. The number of non-ortho nitro benzene ring substituents is 1. The lowest BCUT2D eigenvalue weighted by atomic mass is 10.1. The minimum absolute atomic E-state index is 0.0691. The Morgan fingerprint density at radius 1 is 1.31 bits per heavy atom. The number of ether oxygens (including phenoxy) is 2. The van der Waals surface area contributed by atoms with Gasteiger partial charge >= 0.3 is 0 Å². The van der Waals surface area contributed by atoms with Crippen LogP contribution in [0.25, 0.3) is 10.2 Å². The normalized spacial score (nSPS) is 14.4. The van der Waals surface area contributed by atoms with Crippen molar-refractivity contribution in [3.05, 3.63) is 57.1 Å². The molecule has 32 heavy (non-hydrogen) atoms. The molecule has 0 spiro atoms. The van der Waals surface area contributed by atoms with Crippen LogP contribution in [-0.4, -0.2) is 67.2 Å². The lowest BCUT2D eigenvalue weighted by Crippen LogP contribution is -2.43. The van der Waals surface area contributed by atoms with Gasteiger partial charge in [0.25, 0.3) is 11.6 Å². The minimum atomic E-state index is -0.546. The van der Waals surface area contributed by atoms with E-state index in [1.54, 1.807) is 13.2 Å². The van der Waals surface area contributed by atoms with Gasteiger partial charge in [-0.2, -0.15) is 0 Å².